The summed E-state index contributed by atoms with van der Waals surface area (Å²) in [4.78, 5) is 26.5. The molecule has 3 aromatic heterocycles. The van der Waals surface area contributed by atoms with Crippen molar-refractivity contribution >= 4 is 26.8 Å². The van der Waals surface area contributed by atoms with Crippen molar-refractivity contribution in [2.75, 3.05) is 19.3 Å². The Morgan fingerprint density at radius 1 is 1.09 bits per heavy atom. The third-order valence-corrected chi connectivity index (χ3v) is 6.96. The van der Waals surface area contributed by atoms with E-state index in [1.807, 2.05) is 0 Å². The van der Waals surface area contributed by atoms with E-state index in [-0.39, 0.29) is 22.5 Å². The number of ether oxygens (including phenoxy) is 1. The normalized spacial score (nSPS) is 14.9. The third kappa shape index (κ3) is 4.56. The summed E-state index contributed by atoms with van der Waals surface area (Å²) in [6, 6.07) is 9.31. The third-order valence-electron chi connectivity index (χ3n) is 5.84. The van der Waals surface area contributed by atoms with E-state index in [2.05, 4.69) is 20.1 Å². The number of fused-ring (bicyclic) bond motifs is 1. The maximum Gasteiger partial charge on any atom is 0.258 e. The molecule has 1 saturated heterocycles. The molecule has 1 fully saturated rings. The molecular weight excluding hydrogens is 475 g/mol. The lowest BCUT2D eigenvalue weighted by Gasteiger charge is -2.32. The number of nitrogens with zero attached hydrogens (tertiary/aromatic N) is 6. The largest absolute Gasteiger partial charge is 0.474 e. The molecule has 0 aliphatic carbocycles. The van der Waals surface area contributed by atoms with Crippen molar-refractivity contribution < 1.29 is 22.3 Å². The van der Waals surface area contributed by atoms with Crippen molar-refractivity contribution in [3.63, 3.8) is 0 Å². The second-order valence-electron chi connectivity index (χ2n) is 8.19. The van der Waals surface area contributed by atoms with E-state index in [0.29, 0.717) is 48.5 Å². The zero-order valence-corrected chi connectivity index (χ0v) is 19.5. The number of likely N-dealkylation sites (tertiary alicyclic amines) is 1. The van der Waals surface area contributed by atoms with Gasteiger partial charge in [-0.2, -0.15) is 9.49 Å². The van der Waals surface area contributed by atoms with Gasteiger partial charge in [0.15, 0.2) is 15.5 Å². The van der Waals surface area contributed by atoms with E-state index in [9.17, 15) is 17.6 Å². The van der Waals surface area contributed by atoms with Crippen LogP contribution in [0.25, 0.3) is 16.7 Å². The minimum atomic E-state index is -3.30. The average Bonchev–Trinajstić information content (AvgIpc) is 3.29. The Kier molecular flexibility index (Phi) is 5.89. The predicted octanol–water partition coefficient (Wildman–Crippen LogP) is 2.44. The van der Waals surface area contributed by atoms with Crippen molar-refractivity contribution in [1.29, 1.82) is 0 Å². The van der Waals surface area contributed by atoms with Crippen molar-refractivity contribution in [3.05, 3.63) is 66.6 Å². The SMILES string of the molecule is CS(=O)(=O)c1ccc(-n2ncc3c(OC4CCN(C(=O)c5cccnc5F)CC4)ncnc32)cc1. The fourth-order valence-corrected chi connectivity index (χ4v) is 4.62. The molecule has 10 nitrogen and oxygen atoms in total. The van der Waals surface area contributed by atoms with Crippen LogP contribution in [0.5, 0.6) is 5.88 Å². The van der Waals surface area contributed by atoms with Crippen LogP contribution in [0.2, 0.25) is 0 Å². The summed E-state index contributed by atoms with van der Waals surface area (Å²) >= 11 is 0. The molecule has 0 atom stereocenters. The zero-order valence-electron chi connectivity index (χ0n) is 18.7. The van der Waals surface area contributed by atoms with Crippen LogP contribution < -0.4 is 4.74 Å². The van der Waals surface area contributed by atoms with Gasteiger partial charge in [-0.15, -0.1) is 0 Å². The molecule has 1 aliphatic rings. The number of rotatable bonds is 5. The minimum Gasteiger partial charge on any atom is -0.474 e. The van der Waals surface area contributed by atoms with E-state index >= 15 is 0 Å². The Balaban J connectivity index is 1.30. The van der Waals surface area contributed by atoms with Gasteiger partial charge in [0.25, 0.3) is 5.91 Å². The minimum absolute atomic E-state index is 0.0404. The predicted molar refractivity (Wildman–Crippen MR) is 124 cm³/mol. The number of sulfone groups is 1. The molecule has 12 heteroatoms. The summed E-state index contributed by atoms with van der Waals surface area (Å²) in [6.45, 7) is 0.829. The van der Waals surface area contributed by atoms with Gasteiger partial charge in [0, 0.05) is 38.4 Å². The monoisotopic (exact) mass is 496 g/mol. The van der Waals surface area contributed by atoms with Crippen LogP contribution in [0.15, 0.2) is 60.0 Å². The molecule has 0 radical (unpaired) electrons. The first kappa shape index (κ1) is 22.8. The fraction of sp³-hybridized carbons (Fsp3) is 0.261. The van der Waals surface area contributed by atoms with Crippen LogP contribution in [-0.4, -0.2) is 69.4 Å². The van der Waals surface area contributed by atoms with Crippen LogP contribution in [0.1, 0.15) is 23.2 Å². The Morgan fingerprint density at radius 3 is 2.51 bits per heavy atom. The summed E-state index contributed by atoms with van der Waals surface area (Å²) in [5, 5.41) is 4.99. The van der Waals surface area contributed by atoms with Crippen molar-refractivity contribution in [2.45, 2.75) is 23.8 Å². The van der Waals surface area contributed by atoms with Gasteiger partial charge >= 0.3 is 0 Å². The van der Waals surface area contributed by atoms with Gasteiger partial charge in [0.05, 0.1) is 22.3 Å². The Morgan fingerprint density at radius 2 is 1.83 bits per heavy atom. The molecule has 1 amide bonds. The molecular formula is C23H21FN6O4S. The molecule has 0 spiro atoms. The van der Waals surface area contributed by atoms with Crippen molar-refractivity contribution in [3.8, 4) is 11.6 Å². The van der Waals surface area contributed by atoms with E-state index in [1.165, 1.54) is 36.8 Å². The number of hydrogen-bond donors (Lipinski definition) is 0. The first-order valence-corrected chi connectivity index (χ1v) is 12.8. The number of hydrogen-bond acceptors (Lipinski definition) is 8. The van der Waals surface area contributed by atoms with Crippen LogP contribution in [-0.2, 0) is 9.84 Å². The number of carbonyl (C=O) groups is 1. The van der Waals surface area contributed by atoms with E-state index < -0.39 is 15.8 Å². The molecule has 0 N–H and O–H groups in total. The highest BCUT2D eigenvalue weighted by molar-refractivity contribution is 7.90. The standard InChI is InChI=1S/C23H21FN6O4S/c1-35(32,33)17-6-4-15(5-7-17)30-21-19(13-28-30)22(27-14-26-21)34-16-8-11-29(12-9-16)23(31)18-3-2-10-25-20(18)24/h2-7,10,13-14,16H,8-9,11-12H2,1H3. The number of piperidine rings is 1. The first-order valence-electron chi connectivity index (χ1n) is 10.9. The number of amides is 1. The van der Waals surface area contributed by atoms with Gasteiger partial charge in [0.1, 0.15) is 17.8 Å². The molecule has 1 aromatic carbocycles. The fourth-order valence-electron chi connectivity index (χ4n) is 3.99. The highest BCUT2D eigenvalue weighted by Gasteiger charge is 2.27. The molecule has 1 aliphatic heterocycles. The number of carbonyl (C=O) groups excluding carboxylic acids is 1. The molecule has 0 bridgehead atoms. The second kappa shape index (κ2) is 9.02. The van der Waals surface area contributed by atoms with Crippen LogP contribution >= 0.6 is 0 Å². The van der Waals surface area contributed by atoms with E-state index in [1.54, 1.807) is 27.9 Å². The van der Waals surface area contributed by atoms with Gasteiger partial charge in [-0.1, -0.05) is 0 Å². The van der Waals surface area contributed by atoms with Gasteiger partial charge in [-0.05, 0) is 36.4 Å². The van der Waals surface area contributed by atoms with Crippen molar-refractivity contribution in [2.24, 2.45) is 0 Å². The van der Waals surface area contributed by atoms with Gasteiger partial charge in [0.2, 0.25) is 11.8 Å². The molecule has 5 rings (SSSR count). The number of benzene rings is 1. The number of aromatic nitrogens is 5. The summed E-state index contributed by atoms with van der Waals surface area (Å²) in [7, 11) is -3.30. The molecule has 4 aromatic rings. The zero-order chi connectivity index (χ0) is 24.6. The first-order chi connectivity index (χ1) is 16.8. The lowest BCUT2D eigenvalue weighted by Crippen LogP contribution is -2.42. The maximum absolute atomic E-state index is 13.9. The summed E-state index contributed by atoms with van der Waals surface area (Å²) in [5.41, 5.74) is 1.12. The highest BCUT2D eigenvalue weighted by Crippen LogP contribution is 2.27. The molecule has 180 valence electrons. The number of halogens is 1. The van der Waals surface area contributed by atoms with Gasteiger partial charge in [-0.25, -0.2) is 28.1 Å². The molecule has 0 unspecified atom stereocenters. The van der Waals surface area contributed by atoms with Crippen molar-refractivity contribution in [1.82, 2.24) is 29.6 Å². The van der Waals surface area contributed by atoms with E-state index in [4.69, 9.17) is 4.74 Å². The Hall–Kier alpha value is -3.93. The summed E-state index contributed by atoms with van der Waals surface area (Å²) in [6.07, 6.45) is 6.36. The topological polar surface area (TPSA) is 120 Å². The smallest absolute Gasteiger partial charge is 0.258 e. The van der Waals surface area contributed by atoms with Gasteiger partial charge < -0.3 is 9.64 Å². The Labute approximate surface area is 200 Å². The molecule has 4 heterocycles. The van der Waals surface area contributed by atoms with E-state index in [0.717, 1.165) is 6.26 Å². The Bertz CT molecular complexity index is 1500. The molecule has 35 heavy (non-hydrogen) atoms. The molecule has 0 saturated carbocycles. The average molecular weight is 497 g/mol. The lowest BCUT2D eigenvalue weighted by atomic mass is 10.1. The summed E-state index contributed by atoms with van der Waals surface area (Å²) in [5.74, 6) is -0.791. The van der Waals surface area contributed by atoms with Crippen LogP contribution in [0.4, 0.5) is 4.39 Å². The van der Waals surface area contributed by atoms with Gasteiger partial charge in [-0.3, -0.25) is 4.79 Å². The number of pyridine rings is 1. The maximum atomic E-state index is 13.9. The lowest BCUT2D eigenvalue weighted by molar-refractivity contribution is 0.0585. The quantitative estimate of drug-likeness (QED) is 0.387. The second-order valence-corrected chi connectivity index (χ2v) is 10.2. The highest BCUT2D eigenvalue weighted by atomic mass is 32.2. The van der Waals surface area contributed by atoms with Crippen LogP contribution in [0, 0.1) is 5.95 Å². The van der Waals surface area contributed by atoms with Crippen LogP contribution in [0.3, 0.4) is 0 Å². The summed E-state index contributed by atoms with van der Waals surface area (Å²) < 4.78 is 45.0.